The van der Waals surface area contributed by atoms with Crippen molar-refractivity contribution in [3.05, 3.63) is 52.0 Å². The summed E-state index contributed by atoms with van der Waals surface area (Å²) in [5.41, 5.74) is 6.76. The molecule has 0 saturated heterocycles. The Kier molecular flexibility index (Phi) is 9.64. The van der Waals surface area contributed by atoms with Crippen LogP contribution in [0.15, 0.2) is 35.7 Å². The van der Waals surface area contributed by atoms with Crippen LogP contribution < -0.4 is 16.4 Å². The average Bonchev–Trinajstić information content (AvgIpc) is 3.22. The third kappa shape index (κ3) is 8.30. The molecule has 0 radical (unpaired) electrons. The maximum atomic E-state index is 13.1. The normalized spacial score (nSPS) is 12.9. The first-order valence-corrected chi connectivity index (χ1v) is 11.6. The van der Waals surface area contributed by atoms with E-state index >= 15 is 0 Å². The topological polar surface area (TPSA) is 123 Å². The molecule has 1 aromatic heterocycles. The molecule has 2 atom stereocenters. The molecule has 0 aliphatic carbocycles. The number of nitrogens with zero attached hydrogens (tertiary/aromatic N) is 1. The first-order chi connectivity index (χ1) is 15.2. The van der Waals surface area contributed by atoms with Crippen LogP contribution in [-0.2, 0) is 16.1 Å². The summed E-state index contributed by atoms with van der Waals surface area (Å²) in [6.07, 6.45) is 0.421. The minimum Gasteiger partial charge on any atom is -0.445 e. The highest BCUT2D eigenvalue weighted by molar-refractivity contribution is 7.11. The predicted molar refractivity (Wildman–Crippen MR) is 124 cm³/mol. The van der Waals surface area contributed by atoms with E-state index in [2.05, 4.69) is 15.6 Å². The Morgan fingerprint density at radius 1 is 1.03 bits per heavy atom. The molecule has 8 nitrogen and oxygen atoms in total. The molecule has 174 valence electrons. The molecule has 2 rings (SSSR count). The summed E-state index contributed by atoms with van der Waals surface area (Å²) >= 11 is 1.15. The molecule has 1 heterocycles. The van der Waals surface area contributed by atoms with E-state index in [0.29, 0.717) is 18.5 Å². The van der Waals surface area contributed by atoms with Crippen molar-refractivity contribution in [1.82, 2.24) is 15.6 Å². The smallest absolute Gasteiger partial charge is 0.408 e. The number of hydrogen-bond donors (Lipinski definition) is 3. The van der Waals surface area contributed by atoms with Crippen LogP contribution in [0.5, 0.6) is 0 Å². The van der Waals surface area contributed by atoms with Gasteiger partial charge in [0.05, 0.1) is 11.7 Å². The lowest BCUT2D eigenvalue weighted by molar-refractivity contribution is -0.124. The quantitative estimate of drug-likeness (QED) is 0.471. The molecule has 2 aromatic rings. The van der Waals surface area contributed by atoms with E-state index in [-0.39, 0.29) is 29.4 Å². The van der Waals surface area contributed by atoms with E-state index in [9.17, 15) is 14.4 Å². The van der Waals surface area contributed by atoms with Crippen LogP contribution in [0.4, 0.5) is 4.79 Å². The van der Waals surface area contributed by atoms with Gasteiger partial charge < -0.3 is 21.1 Å². The fourth-order valence-corrected chi connectivity index (χ4v) is 3.89. The number of ether oxygens (including phenoxy) is 1. The Balaban J connectivity index is 2.07. The molecule has 9 heteroatoms. The second-order valence-corrected chi connectivity index (χ2v) is 9.38. The molecule has 0 saturated carbocycles. The zero-order chi connectivity index (χ0) is 23.7. The summed E-state index contributed by atoms with van der Waals surface area (Å²) in [7, 11) is 0. The fourth-order valence-electron chi connectivity index (χ4n) is 3.17. The highest BCUT2D eigenvalue weighted by Gasteiger charge is 2.27. The minimum absolute atomic E-state index is 0.118. The predicted octanol–water partition coefficient (Wildman–Crippen LogP) is 3.79. The molecular formula is C23H32N4O4S. The Bertz CT molecular complexity index is 898. The van der Waals surface area contributed by atoms with Gasteiger partial charge in [-0.3, -0.25) is 9.59 Å². The van der Waals surface area contributed by atoms with Gasteiger partial charge in [-0.25, -0.2) is 9.78 Å². The van der Waals surface area contributed by atoms with Gasteiger partial charge in [-0.1, -0.05) is 58.0 Å². The second-order valence-electron chi connectivity index (χ2n) is 8.52. The van der Waals surface area contributed by atoms with Crippen LogP contribution in [0.25, 0.3) is 0 Å². The molecule has 3 amide bonds. The van der Waals surface area contributed by atoms with Gasteiger partial charge in [0.25, 0.3) is 5.91 Å². The third-order valence-electron chi connectivity index (χ3n) is 4.64. The largest absolute Gasteiger partial charge is 0.445 e. The lowest BCUT2D eigenvalue weighted by Gasteiger charge is -2.24. The summed E-state index contributed by atoms with van der Waals surface area (Å²) in [6.45, 7) is 8.13. The van der Waals surface area contributed by atoms with Gasteiger partial charge in [0.1, 0.15) is 12.6 Å². The van der Waals surface area contributed by atoms with E-state index in [1.807, 2.05) is 58.0 Å². The number of amides is 3. The molecule has 4 N–H and O–H groups in total. The van der Waals surface area contributed by atoms with Crippen LogP contribution in [-0.4, -0.2) is 28.9 Å². The van der Waals surface area contributed by atoms with Crippen molar-refractivity contribution in [2.75, 3.05) is 0 Å². The van der Waals surface area contributed by atoms with Crippen molar-refractivity contribution in [3.63, 3.8) is 0 Å². The van der Waals surface area contributed by atoms with Crippen molar-refractivity contribution >= 4 is 29.2 Å². The van der Waals surface area contributed by atoms with Crippen molar-refractivity contribution in [2.24, 2.45) is 17.6 Å². The van der Waals surface area contributed by atoms with Gasteiger partial charge in [0.15, 0.2) is 5.01 Å². The maximum absolute atomic E-state index is 13.1. The summed E-state index contributed by atoms with van der Waals surface area (Å²) in [5, 5.41) is 7.60. The standard InChI is InChI=1S/C23H32N4O4S/c1-14(2)10-17(19-13-32-22(26-19)20(24)28)25-21(29)18(11-15(3)4)27-23(30)31-12-16-8-6-5-7-9-16/h5-9,13-15,17-18H,10-12H2,1-4H3,(H2,24,28)(H,25,29)(H,27,30)/t17-,18-/m0/s1. The monoisotopic (exact) mass is 460 g/mol. The number of rotatable bonds is 11. The van der Waals surface area contributed by atoms with Crippen molar-refractivity contribution in [3.8, 4) is 0 Å². The number of alkyl carbamates (subject to hydrolysis) is 1. The van der Waals surface area contributed by atoms with Crippen LogP contribution in [0.1, 0.15) is 67.6 Å². The number of nitrogens with one attached hydrogen (secondary N) is 2. The Morgan fingerprint density at radius 2 is 1.69 bits per heavy atom. The Morgan fingerprint density at radius 3 is 2.25 bits per heavy atom. The number of benzene rings is 1. The van der Waals surface area contributed by atoms with E-state index in [1.165, 1.54) is 0 Å². The van der Waals surface area contributed by atoms with Crippen LogP contribution in [0, 0.1) is 11.8 Å². The zero-order valence-electron chi connectivity index (χ0n) is 19.0. The van der Waals surface area contributed by atoms with E-state index in [0.717, 1.165) is 16.9 Å². The van der Waals surface area contributed by atoms with Crippen LogP contribution >= 0.6 is 11.3 Å². The van der Waals surface area contributed by atoms with Gasteiger partial charge in [-0.05, 0) is 30.2 Å². The molecule has 0 fully saturated rings. The molecule has 0 bridgehead atoms. The fraction of sp³-hybridized carbons (Fsp3) is 0.478. The SMILES string of the molecule is CC(C)C[C@H](NC(=O)OCc1ccccc1)C(=O)N[C@@H](CC(C)C)c1csc(C(N)=O)n1. The third-order valence-corrected chi connectivity index (χ3v) is 5.52. The van der Waals surface area contributed by atoms with Gasteiger partial charge in [0.2, 0.25) is 5.91 Å². The molecular weight excluding hydrogens is 428 g/mol. The van der Waals surface area contributed by atoms with E-state index in [1.54, 1.807) is 5.38 Å². The molecule has 0 aliphatic rings. The van der Waals surface area contributed by atoms with Gasteiger partial charge in [0, 0.05) is 5.38 Å². The lowest BCUT2D eigenvalue weighted by Crippen LogP contribution is -2.48. The summed E-state index contributed by atoms with van der Waals surface area (Å²) in [6, 6.07) is 8.16. The Hall–Kier alpha value is -2.94. The number of hydrogen-bond acceptors (Lipinski definition) is 6. The number of carbonyl (C=O) groups is 3. The average molecular weight is 461 g/mol. The second kappa shape index (κ2) is 12.2. The first kappa shape index (κ1) is 25.3. The molecule has 32 heavy (non-hydrogen) atoms. The van der Waals surface area contributed by atoms with Crippen molar-refractivity contribution < 1.29 is 19.1 Å². The molecule has 1 aromatic carbocycles. The number of carbonyl (C=O) groups excluding carboxylic acids is 3. The first-order valence-electron chi connectivity index (χ1n) is 10.7. The van der Waals surface area contributed by atoms with Crippen molar-refractivity contribution in [1.29, 1.82) is 0 Å². The number of aromatic nitrogens is 1. The molecule has 0 aliphatic heterocycles. The van der Waals surface area contributed by atoms with E-state index < -0.39 is 24.1 Å². The number of thiazole rings is 1. The van der Waals surface area contributed by atoms with Crippen LogP contribution in [0.2, 0.25) is 0 Å². The molecule has 0 unspecified atom stereocenters. The summed E-state index contributed by atoms with van der Waals surface area (Å²) in [4.78, 5) is 41.1. The lowest BCUT2D eigenvalue weighted by atomic mass is 9.99. The summed E-state index contributed by atoms with van der Waals surface area (Å²) in [5.74, 6) is -0.484. The minimum atomic E-state index is -0.762. The van der Waals surface area contributed by atoms with Gasteiger partial charge in [-0.15, -0.1) is 11.3 Å². The van der Waals surface area contributed by atoms with Crippen molar-refractivity contribution in [2.45, 2.75) is 59.2 Å². The Labute approximate surface area is 192 Å². The zero-order valence-corrected chi connectivity index (χ0v) is 19.8. The highest BCUT2D eigenvalue weighted by Crippen LogP contribution is 2.23. The maximum Gasteiger partial charge on any atom is 0.408 e. The van der Waals surface area contributed by atoms with Crippen LogP contribution in [0.3, 0.4) is 0 Å². The highest BCUT2D eigenvalue weighted by atomic mass is 32.1. The summed E-state index contributed by atoms with van der Waals surface area (Å²) < 4.78 is 5.28. The number of nitrogens with two attached hydrogens (primary N) is 1. The number of primary amides is 1. The molecule has 0 spiro atoms. The van der Waals surface area contributed by atoms with Gasteiger partial charge >= 0.3 is 6.09 Å². The van der Waals surface area contributed by atoms with E-state index in [4.69, 9.17) is 10.5 Å². The van der Waals surface area contributed by atoms with Gasteiger partial charge in [-0.2, -0.15) is 0 Å².